The van der Waals surface area contributed by atoms with Crippen molar-refractivity contribution in [1.82, 2.24) is 9.97 Å². The minimum absolute atomic E-state index is 0.132. The van der Waals surface area contributed by atoms with Gasteiger partial charge in [0.2, 0.25) is 5.91 Å². The SMILES string of the molecule is CCCc1cc(=O)[nH]c(SCC(=O)Nc2ccc(N(CC)C(C)C)cc2)n1. The number of carbonyl (C=O) groups excluding carboxylic acids is 1. The van der Waals surface area contributed by atoms with E-state index in [1.807, 2.05) is 31.2 Å². The summed E-state index contributed by atoms with van der Waals surface area (Å²) in [5.41, 5.74) is 2.46. The van der Waals surface area contributed by atoms with Crippen molar-refractivity contribution in [3.05, 3.63) is 46.4 Å². The van der Waals surface area contributed by atoms with Gasteiger partial charge in [-0.15, -0.1) is 0 Å². The molecule has 0 fully saturated rings. The number of nitrogens with zero attached hydrogens (tertiary/aromatic N) is 2. The van der Waals surface area contributed by atoms with Gasteiger partial charge in [-0.05, 0) is 51.5 Å². The van der Waals surface area contributed by atoms with Crippen molar-refractivity contribution in [3.8, 4) is 0 Å². The van der Waals surface area contributed by atoms with Gasteiger partial charge in [0.1, 0.15) is 0 Å². The highest BCUT2D eigenvalue weighted by Gasteiger charge is 2.10. The van der Waals surface area contributed by atoms with Gasteiger partial charge in [0, 0.05) is 35.7 Å². The molecular weight excluding hydrogens is 360 g/mol. The minimum atomic E-state index is -0.183. The van der Waals surface area contributed by atoms with Crippen LogP contribution in [0.4, 0.5) is 11.4 Å². The first kappa shape index (κ1) is 21.0. The standard InChI is InChI=1S/C20H28N4O2S/c1-5-7-16-12-18(25)23-20(22-16)27-13-19(26)21-15-8-10-17(11-9-15)24(6-2)14(3)4/h8-12,14H,5-7,13H2,1-4H3,(H,21,26)(H,22,23,25). The summed E-state index contributed by atoms with van der Waals surface area (Å²) >= 11 is 1.23. The van der Waals surface area contributed by atoms with E-state index in [9.17, 15) is 9.59 Å². The summed E-state index contributed by atoms with van der Waals surface area (Å²) in [5.74, 6) is 0.0559. The summed E-state index contributed by atoms with van der Waals surface area (Å²) in [6.45, 7) is 9.41. The summed E-state index contributed by atoms with van der Waals surface area (Å²) < 4.78 is 0. The van der Waals surface area contributed by atoms with Crippen LogP contribution in [0.15, 0.2) is 40.3 Å². The molecule has 2 aromatic rings. The molecule has 0 unspecified atom stereocenters. The molecule has 1 amide bonds. The van der Waals surface area contributed by atoms with Crippen LogP contribution in [0.3, 0.4) is 0 Å². The van der Waals surface area contributed by atoms with Gasteiger partial charge in [-0.25, -0.2) is 4.98 Å². The molecule has 0 radical (unpaired) electrons. The fourth-order valence-electron chi connectivity index (χ4n) is 2.85. The molecule has 2 N–H and O–H groups in total. The number of aryl methyl sites for hydroxylation is 1. The second-order valence-electron chi connectivity index (χ2n) is 6.56. The fraction of sp³-hybridized carbons (Fsp3) is 0.450. The molecule has 0 saturated heterocycles. The van der Waals surface area contributed by atoms with Gasteiger partial charge in [0.25, 0.3) is 5.56 Å². The number of anilines is 2. The van der Waals surface area contributed by atoms with Gasteiger partial charge in [0.05, 0.1) is 5.75 Å². The first-order valence-electron chi connectivity index (χ1n) is 9.32. The maximum absolute atomic E-state index is 12.2. The van der Waals surface area contributed by atoms with Crippen LogP contribution < -0.4 is 15.8 Å². The van der Waals surface area contributed by atoms with E-state index in [4.69, 9.17) is 0 Å². The molecule has 0 atom stereocenters. The highest BCUT2D eigenvalue weighted by molar-refractivity contribution is 7.99. The molecule has 0 aliphatic heterocycles. The largest absolute Gasteiger partial charge is 0.369 e. The van der Waals surface area contributed by atoms with Gasteiger partial charge >= 0.3 is 0 Å². The first-order valence-corrected chi connectivity index (χ1v) is 10.3. The Kier molecular flexibility index (Phi) is 7.91. The number of hydrogen-bond acceptors (Lipinski definition) is 5. The normalized spacial score (nSPS) is 10.9. The molecule has 146 valence electrons. The van der Waals surface area contributed by atoms with Crippen molar-refractivity contribution in [3.63, 3.8) is 0 Å². The molecule has 7 heteroatoms. The van der Waals surface area contributed by atoms with Crippen LogP contribution in [0.1, 0.15) is 39.8 Å². The van der Waals surface area contributed by atoms with Crippen LogP contribution in [0, 0.1) is 0 Å². The van der Waals surface area contributed by atoms with E-state index in [0.29, 0.717) is 11.2 Å². The summed E-state index contributed by atoms with van der Waals surface area (Å²) in [6.07, 6.45) is 1.67. The summed E-state index contributed by atoms with van der Waals surface area (Å²) in [7, 11) is 0. The summed E-state index contributed by atoms with van der Waals surface area (Å²) in [5, 5.41) is 3.36. The Labute approximate surface area is 164 Å². The number of nitrogens with one attached hydrogen (secondary N) is 2. The van der Waals surface area contributed by atoms with Gasteiger partial charge < -0.3 is 15.2 Å². The van der Waals surface area contributed by atoms with E-state index in [1.165, 1.54) is 17.8 Å². The molecule has 0 bridgehead atoms. The van der Waals surface area contributed by atoms with E-state index in [1.54, 1.807) is 0 Å². The molecule has 0 aliphatic carbocycles. The molecule has 0 aliphatic rings. The Balaban J connectivity index is 1.93. The molecule has 2 rings (SSSR count). The fourth-order valence-corrected chi connectivity index (χ4v) is 3.54. The van der Waals surface area contributed by atoms with E-state index < -0.39 is 0 Å². The molecule has 6 nitrogen and oxygen atoms in total. The first-order chi connectivity index (χ1) is 12.9. The van der Waals surface area contributed by atoms with Crippen LogP contribution in [-0.4, -0.2) is 34.2 Å². The number of amides is 1. The highest BCUT2D eigenvalue weighted by atomic mass is 32.2. The van der Waals surface area contributed by atoms with E-state index in [0.717, 1.165) is 36.5 Å². The number of benzene rings is 1. The number of rotatable bonds is 9. The van der Waals surface area contributed by atoms with E-state index in [-0.39, 0.29) is 17.2 Å². The zero-order chi connectivity index (χ0) is 19.8. The Morgan fingerprint density at radius 1 is 1.26 bits per heavy atom. The smallest absolute Gasteiger partial charge is 0.251 e. The van der Waals surface area contributed by atoms with E-state index in [2.05, 4.69) is 41.0 Å². The molecular formula is C20H28N4O2S. The van der Waals surface area contributed by atoms with Crippen LogP contribution in [-0.2, 0) is 11.2 Å². The minimum Gasteiger partial charge on any atom is -0.369 e. The maximum atomic E-state index is 12.2. The van der Waals surface area contributed by atoms with Crippen LogP contribution in [0.5, 0.6) is 0 Å². The Bertz CT molecular complexity index is 802. The number of aromatic amines is 1. The monoisotopic (exact) mass is 388 g/mol. The lowest BCUT2D eigenvalue weighted by atomic mass is 10.2. The third-order valence-corrected chi connectivity index (χ3v) is 4.94. The van der Waals surface area contributed by atoms with Crippen molar-refractivity contribution in [2.24, 2.45) is 0 Å². The third-order valence-electron chi connectivity index (χ3n) is 4.07. The number of H-pyrrole nitrogens is 1. The van der Waals surface area contributed by atoms with Crippen molar-refractivity contribution in [2.75, 3.05) is 22.5 Å². The molecule has 1 aromatic heterocycles. The predicted molar refractivity (Wildman–Crippen MR) is 113 cm³/mol. The lowest BCUT2D eigenvalue weighted by Crippen LogP contribution is -2.30. The Hall–Kier alpha value is -2.28. The zero-order valence-electron chi connectivity index (χ0n) is 16.4. The quantitative estimate of drug-likeness (QED) is 0.506. The molecule has 1 aromatic carbocycles. The van der Waals surface area contributed by atoms with Crippen LogP contribution >= 0.6 is 11.8 Å². The summed E-state index contributed by atoms with van der Waals surface area (Å²) in [4.78, 5) is 33.2. The van der Waals surface area contributed by atoms with Gasteiger partial charge in [-0.3, -0.25) is 9.59 Å². The third kappa shape index (κ3) is 6.43. The van der Waals surface area contributed by atoms with Crippen molar-refractivity contribution >= 4 is 29.0 Å². The maximum Gasteiger partial charge on any atom is 0.251 e. The average Bonchev–Trinajstić information content (AvgIpc) is 2.61. The topological polar surface area (TPSA) is 78.1 Å². The van der Waals surface area contributed by atoms with Crippen molar-refractivity contribution in [2.45, 2.75) is 51.7 Å². The predicted octanol–water partition coefficient (Wildman–Crippen LogP) is 3.69. The Morgan fingerprint density at radius 3 is 2.56 bits per heavy atom. The van der Waals surface area contributed by atoms with Gasteiger partial charge in [-0.1, -0.05) is 25.1 Å². The zero-order valence-corrected chi connectivity index (χ0v) is 17.2. The number of hydrogen-bond donors (Lipinski definition) is 2. The average molecular weight is 389 g/mol. The molecule has 1 heterocycles. The highest BCUT2D eigenvalue weighted by Crippen LogP contribution is 2.20. The van der Waals surface area contributed by atoms with Crippen LogP contribution in [0.2, 0.25) is 0 Å². The van der Waals surface area contributed by atoms with Gasteiger partial charge in [0.15, 0.2) is 5.16 Å². The van der Waals surface area contributed by atoms with Crippen LogP contribution in [0.25, 0.3) is 0 Å². The number of carbonyl (C=O) groups is 1. The van der Waals surface area contributed by atoms with Gasteiger partial charge in [-0.2, -0.15) is 0 Å². The molecule has 0 spiro atoms. The number of aromatic nitrogens is 2. The van der Waals surface area contributed by atoms with E-state index >= 15 is 0 Å². The summed E-state index contributed by atoms with van der Waals surface area (Å²) in [6, 6.07) is 9.77. The Morgan fingerprint density at radius 2 is 1.96 bits per heavy atom. The molecule has 0 saturated carbocycles. The number of thioether (sulfide) groups is 1. The van der Waals surface area contributed by atoms with Crippen molar-refractivity contribution < 1.29 is 4.79 Å². The van der Waals surface area contributed by atoms with Crippen molar-refractivity contribution in [1.29, 1.82) is 0 Å². The lowest BCUT2D eigenvalue weighted by molar-refractivity contribution is -0.113. The lowest BCUT2D eigenvalue weighted by Gasteiger charge is -2.27. The molecule has 27 heavy (non-hydrogen) atoms. The second-order valence-corrected chi connectivity index (χ2v) is 7.52. The second kappa shape index (κ2) is 10.2.